The fraction of sp³-hybridized carbons (Fsp3) is 0.562. The summed E-state index contributed by atoms with van der Waals surface area (Å²) in [5, 5.41) is 3.06. The fourth-order valence-electron chi connectivity index (χ4n) is 2.96. The highest BCUT2D eigenvalue weighted by atomic mass is 16.1. The normalized spacial score (nSPS) is 23.1. The van der Waals surface area contributed by atoms with Crippen molar-refractivity contribution in [2.75, 3.05) is 12.3 Å². The Kier molecular flexibility index (Phi) is 4.46. The molecule has 1 aliphatic carbocycles. The molecule has 0 spiro atoms. The van der Waals surface area contributed by atoms with Crippen molar-refractivity contribution in [1.29, 1.82) is 0 Å². The lowest BCUT2D eigenvalue weighted by molar-refractivity contribution is 0.0940. The largest absolute Gasteiger partial charge is 0.399 e. The number of rotatable bonds is 3. The van der Waals surface area contributed by atoms with E-state index in [9.17, 15) is 4.79 Å². The number of nitrogen functional groups attached to an aromatic ring is 1. The number of carbonyl (C=O) groups excluding carboxylic acids is 1. The van der Waals surface area contributed by atoms with Crippen LogP contribution in [0.25, 0.3) is 0 Å². The second-order valence-electron chi connectivity index (χ2n) is 5.92. The zero-order valence-electron chi connectivity index (χ0n) is 11.9. The number of nitrogens with two attached hydrogens (primary N) is 1. The summed E-state index contributed by atoms with van der Waals surface area (Å²) in [5.41, 5.74) is 8.06. The van der Waals surface area contributed by atoms with Crippen LogP contribution in [0.15, 0.2) is 18.2 Å². The van der Waals surface area contributed by atoms with Crippen molar-refractivity contribution >= 4 is 11.6 Å². The molecule has 3 N–H and O–H groups in total. The molecule has 0 radical (unpaired) electrons. The van der Waals surface area contributed by atoms with Gasteiger partial charge in [-0.15, -0.1) is 0 Å². The molecule has 0 saturated heterocycles. The van der Waals surface area contributed by atoms with E-state index in [-0.39, 0.29) is 5.91 Å². The van der Waals surface area contributed by atoms with Gasteiger partial charge in [-0.3, -0.25) is 4.79 Å². The molecule has 1 aromatic carbocycles. The van der Waals surface area contributed by atoms with Crippen molar-refractivity contribution in [3.8, 4) is 0 Å². The molecule has 1 saturated carbocycles. The first-order chi connectivity index (χ1) is 9.06. The van der Waals surface area contributed by atoms with Gasteiger partial charge in [-0.1, -0.05) is 25.8 Å². The average Bonchev–Trinajstić information content (AvgIpc) is 2.39. The second kappa shape index (κ2) is 6.09. The van der Waals surface area contributed by atoms with Crippen LogP contribution >= 0.6 is 0 Å². The smallest absolute Gasteiger partial charge is 0.251 e. The summed E-state index contributed by atoms with van der Waals surface area (Å²) < 4.78 is 0. The van der Waals surface area contributed by atoms with Crippen LogP contribution in [0.1, 0.15) is 48.5 Å². The molecule has 1 amide bonds. The Morgan fingerprint density at radius 1 is 1.42 bits per heavy atom. The molecule has 0 aliphatic heterocycles. The van der Waals surface area contributed by atoms with Crippen LogP contribution in [0, 0.1) is 18.8 Å². The lowest BCUT2D eigenvalue weighted by Gasteiger charge is -2.26. The van der Waals surface area contributed by atoms with Crippen LogP contribution in [0.3, 0.4) is 0 Å². The van der Waals surface area contributed by atoms with Gasteiger partial charge in [0.2, 0.25) is 0 Å². The maximum absolute atomic E-state index is 12.2. The molecule has 1 aromatic rings. The Balaban J connectivity index is 1.92. The summed E-state index contributed by atoms with van der Waals surface area (Å²) in [7, 11) is 0. The monoisotopic (exact) mass is 260 g/mol. The Morgan fingerprint density at radius 2 is 2.21 bits per heavy atom. The molecule has 19 heavy (non-hydrogen) atoms. The van der Waals surface area contributed by atoms with Crippen molar-refractivity contribution < 1.29 is 4.79 Å². The molecule has 3 nitrogen and oxygen atoms in total. The van der Waals surface area contributed by atoms with Crippen LogP contribution in [0.2, 0.25) is 0 Å². The number of anilines is 1. The van der Waals surface area contributed by atoms with Crippen molar-refractivity contribution in [2.24, 2.45) is 11.8 Å². The highest BCUT2D eigenvalue weighted by Crippen LogP contribution is 2.28. The standard InChI is InChI=1S/C16H24N2O/c1-11-4-3-5-13(8-11)10-18-16(19)15-9-14(17)7-6-12(15)2/h6-7,9,11,13H,3-5,8,10,17H2,1-2H3,(H,18,19). The van der Waals surface area contributed by atoms with Gasteiger partial charge in [0.25, 0.3) is 5.91 Å². The lowest BCUT2D eigenvalue weighted by atomic mass is 9.82. The van der Waals surface area contributed by atoms with Crippen molar-refractivity contribution in [3.05, 3.63) is 29.3 Å². The summed E-state index contributed by atoms with van der Waals surface area (Å²) in [4.78, 5) is 12.2. The predicted molar refractivity (Wildman–Crippen MR) is 79.0 cm³/mol. The highest BCUT2D eigenvalue weighted by Gasteiger charge is 2.19. The number of carbonyl (C=O) groups is 1. The molecule has 3 heteroatoms. The quantitative estimate of drug-likeness (QED) is 0.820. The Morgan fingerprint density at radius 3 is 2.95 bits per heavy atom. The molecule has 0 bridgehead atoms. The van der Waals surface area contributed by atoms with Gasteiger partial charge >= 0.3 is 0 Å². The second-order valence-corrected chi connectivity index (χ2v) is 5.92. The van der Waals surface area contributed by atoms with E-state index in [1.807, 2.05) is 19.1 Å². The van der Waals surface area contributed by atoms with E-state index in [4.69, 9.17) is 5.73 Å². The minimum atomic E-state index is 0.00280. The SMILES string of the molecule is Cc1ccc(N)cc1C(=O)NCC1CCCC(C)C1. The van der Waals surface area contributed by atoms with Crippen molar-refractivity contribution in [1.82, 2.24) is 5.32 Å². The minimum absolute atomic E-state index is 0.00280. The summed E-state index contributed by atoms with van der Waals surface area (Å²) >= 11 is 0. The number of hydrogen-bond donors (Lipinski definition) is 2. The number of amides is 1. The first-order valence-corrected chi connectivity index (χ1v) is 7.20. The molecule has 2 atom stereocenters. The van der Waals surface area contributed by atoms with Gasteiger partial charge in [0.15, 0.2) is 0 Å². The predicted octanol–water partition coefficient (Wildman–Crippen LogP) is 3.13. The molecule has 1 aliphatic rings. The molecule has 0 heterocycles. The maximum Gasteiger partial charge on any atom is 0.251 e. The van der Waals surface area contributed by atoms with Crippen LogP contribution in [-0.2, 0) is 0 Å². The third-order valence-electron chi connectivity index (χ3n) is 4.10. The van der Waals surface area contributed by atoms with E-state index in [1.165, 1.54) is 25.7 Å². The highest BCUT2D eigenvalue weighted by molar-refractivity contribution is 5.96. The fourth-order valence-corrected chi connectivity index (χ4v) is 2.96. The van der Waals surface area contributed by atoms with Gasteiger partial charge in [0.05, 0.1) is 0 Å². The first kappa shape index (κ1) is 13.9. The summed E-state index contributed by atoms with van der Waals surface area (Å²) in [6, 6.07) is 5.48. The molecular formula is C16H24N2O. The molecule has 2 unspecified atom stereocenters. The summed E-state index contributed by atoms with van der Waals surface area (Å²) in [5.74, 6) is 1.43. The first-order valence-electron chi connectivity index (χ1n) is 7.20. The molecule has 104 valence electrons. The van der Waals surface area contributed by atoms with E-state index >= 15 is 0 Å². The maximum atomic E-state index is 12.2. The van der Waals surface area contributed by atoms with E-state index in [0.717, 1.165) is 18.0 Å². The van der Waals surface area contributed by atoms with E-state index in [1.54, 1.807) is 6.07 Å². The van der Waals surface area contributed by atoms with Crippen molar-refractivity contribution in [3.63, 3.8) is 0 Å². The van der Waals surface area contributed by atoms with Crippen LogP contribution in [0.4, 0.5) is 5.69 Å². The zero-order chi connectivity index (χ0) is 13.8. The van der Waals surface area contributed by atoms with Crippen molar-refractivity contribution in [2.45, 2.75) is 39.5 Å². The van der Waals surface area contributed by atoms with Gasteiger partial charge in [-0.2, -0.15) is 0 Å². The van der Waals surface area contributed by atoms with Gasteiger partial charge in [-0.05, 0) is 49.3 Å². The van der Waals surface area contributed by atoms with Crippen LogP contribution in [-0.4, -0.2) is 12.5 Å². The third kappa shape index (κ3) is 3.72. The lowest BCUT2D eigenvalue weighted by Crippen LogP contribution is -2.31. The van der Waals surface area contributed by atoms with E-state index in [2.05, 4.69) is 12.2 Å². The molecule has 2 rings (SSSR count). The molecule has 0 aromatic heterocycles. The van der Waals surface area contributed by atoms with Gasteiger partial charge in [0, 0.05) is 17.8 Å². The third-order valence-corrected chi connectivity index (χ3v) is 4.10. The Labute approximate surface area is 115 Å². The van der Waals surface area contributed by atoms with E-state index in [0.29, 0.717) is 17.2 Å². The Hall–Kier alpha value is -1.51. The van der Waals surface area contributed by atoms with E-state index < -0.39 is 0 Å². The number of aryl methyl sites for hydroxylation is 1. The number of nitrogens with one attached hydrogen (secondary N) is 1. The molecule has 1 fully saturated rings. The Bertz CT molecular complexity index is 456. The topological polar surface area (TPSA) is 55.1 Å². The number of benzene rings is 1. The van der Waals surface area contributed by atoms with Gasteiger partial charge in [-0.25, -0.2) is 0 Å². The zero-order valence-corrected chi connectivity index (χ0v) is 11.9. The molecular weight excluding hydrogens is 236 g/mol. The van der Waals surface area contributed by atoms with Crippen LogP contribution < -0.4 is 11.1 Å². The number of hydrogen-bond acceptors (Lipinski definition) is 2. The van der Waals surface area contributed by atoms with Crippen LogP contribution in [0.5, 0.6) is 0 Å². The van der Waals surface area contributed by atoms with Gasteiger partial charge < -0.3 is 11.1 Å². The summed E-state index contributed by atoms with van der Waals surface area (Å²) in [6.07, 6.45) is 5.09. The minimum Gasteiger partial charge on any atom is -0.399 e. The summed E-state index contributed by atoms with van der Waals surface area (Å²) in [6.45, 7) is 5.03. The average molecular weight is 260 g/mol. The van der Waals surface area contributed by atoms with Gasteiger partial charge in [0.1, 0.15) is 0 Å².